The number of nitrogen functional groups attached to an aromatic ring is 1. The maximum absolute atomic E-state index is 13.7. The molecule has 14 nitrogen and oxygen atoms in total. The molecular formula is C24H32FN6O8P. The molecule has 0 spiro atoms. The van der Waals surface area contributed by atoms with E-state index in [2.05, 4.69) is 20.0 Å². The van der Waals surface area contributed by atoms with E-state index in [1.165, 1.54) is 25.4 Å². The number of fused-ring (bicyclic) bond motifs is 1. The summed E-state index contributed by atoms with van der Waals surface area (Å²) in [6, 6.07) is 3.68. The lowest BCUT2D eigenvalue weighted by molar-refractivity contribution is -0.144. The van der Waals surface area contributed by atoms with Crippen LogP contribution in [-0.4, -0.2) is 68.7 Å². The highest BCUT2D eigenvalue weighted by Crippen LogP contribution is 2.46. The summed E-state index contributed by atoms with van der Waals surface area (Å²) in [5, 5.41) is 13.5. The van der Waals surface area contributed by atoms with Gasteiger partial charge in [0.2, 0.25) is 11.8 Å². The smallest absolute Gasteiger partial charge is 0.459 e. The van der Waals surface area contributed by atoms with Gasteiger partial charge in [-0.25, -0.2) is 13.9 Å². The molecule has 1 aliphatic rings. The molecule has 4 rings (SSSR count). The van der Waals surface area contributed by atoms with Gasteiger partial charge in [-0.05, 0) is 45.0 Å². The lowest BCUT2D eigenvalue weighted by Gasteiger charge is -2.24. The van der Waals surface area contributed by atoms with E-state index in [4.69, 9.17) is 29.0 Å². The van der Waals surface area contributed by atoms with Crippen molar-refractivity contribution in [3.63, 3.8) is 0 Å². The number of esters is 1. The van der Waals surface area contributed by atoms with Crippen LogP contribution < -0.4 is 20.1 Å². The lowest BCUT2D eigenvalue weighted by atomic mass is 10.0. The first-order valence-electron chi connectivity index (χ1n) is 12.7. The van der Waals surface area contributed by atoms with E-state index in [-0.39, 0.29) is 24.2 Å². The van der Waals surface area contributed by atoms with Gasteiger partial charge >= 0.3 is 13.7 Å². The molecule has 1 fully saturated rings. The number of aliphatic hydroxyl groups excluding tert-OH is 1. The minimum atomic E-state index is -4.27. The Morgan fingerprint density at radius 2 is 2.00 bits per heavy atom. The highest BCUT2D eigenvalue weighted by Gasteiger charge is 2.44. The van der Waals surface area contributed by atoms with E-state index < -0.39 is 56.5 Å². The molecule has 1 aromatic carbocycles. The summed E-state index contributed by atoms with van der Waals surface area (Å²) < 4.78 is 56.4. The number of aromatic nitrogens is 4. The number of anilines is 1. The second-order valence-corrected chi connectivity index (χ2v) is 10.7. The molecule has 218 valence electrons. The molecule has 3 heterocycles. The Morgan fingerprint density at radius 3 is 2.67 bits per heavy atom. The monoisotopic (exact) mass is 582 g/mol. The quantitative estimate of drug-likeness (QED) is 0.209. The van der Waals surface area contributed by atoms with Crippen LogP contribution >= 0.6 is 7.75 Å². The van der Waals surface area contributed by atoms with Crippen LogP contribution in [0.25, 0.3) is 11.2 Å². The number of nitrogens with one attached hydrogen (secondary N) is 1. The molecular weight excluding hydrogens is 550 g/mol. The van der Waals surface area contributed by atoms with Crippen molar-refractivity contribution in [2.75, 3.05) is 25.6 Å². The minimum Gasteiger partial charge on any atom is -0.476 e. The fourth-order valence-corrected chi connectivity index (χ4v) is 5.63. The van der Waals surface area contributed by atoms with Gasteiger partial charge in [-0.3, -0.25) is 13.9 Å². The average Bonchev–Trinajstić information content (AvgIpc) is 3.45. The van der Waals surface area contributed by atoms with Crippen LogP contribution in [0, 0.1) is 11.7 Å². The number of halogens is 1. The second-order valence-electron chi connectivity index (χ2n) is 9.00. The Morgan fingerprint density at radius 1 is 1.27 bits per heavy atom. The van der Waals surface area contributed by atoms with Gasteiger partial charge in [0.25, 0.3) is 0 Å². The van der Waals surface area contributed by atoms with Crippen molar-refractivity contribution < 1.29 is 42.1 Å². The maximum atomic E-state index is 13.7. The molecule has 40 heavy (non-hydrogen) atoms. The summed E-state index contributed by atoms with van der Waals surface area (Å²) in [6.07, 6.45) is -1.30. The highest BCUT2D eigenvalue weighted by molar-refractivity contribution is 7.52. The minimum absolute atomic E-state index is 0.0237. The molecule has 3 aromatic rings. The molecule has 0 saturated carbocycles. The zero-order chi connectivity index (χ0) is 29.0. The third-order valence-corrected chi connectivity index (χ3v) is 7.73. The van der Waals surface area contributed by atoms with E-state index >= 15 is 0 Å². The number of carbonyl (C=O) groups is 1. The number of hydrogen-bond acceptors (Lipinski definition) is 12. The van der Waals surface area contributed by atoms with Crippen LogP contribution in [0.1, 0.15) is 33.9 Å². The highest BCUT2D eigenvalue weighted by atomic mass is 31.2. The molecule has 6 atom stereocenters. The normalized spacial score (nSPS) is 23.1. The van der Waals surface area contributed by atoms with Gasteiger partial charge in [-0.15, -0.1) is 0 Å². The number of nitrogens with two attached hydrogens (primary N) is 1. The first-order valence-corrected chi connectivity index (χ1v) is 14.2. The number of imidazole rings is 1. The Labute approximate surface area is 229 Å². The van der Waals surface area contributed by atoms with E-state index in [1.54, 1.807) is 25.3 Å². The van der Waals surface area contributed by atoms with Crippen molar-refractivity contribution in [1.29, 1.82) is 0 Å². The fourth-order valence-electron chi connectivity index (χ4n) is 4.13. The molecule has 0 radical (unpaired) electrons. The van der Waals surface area contributed by atoms with Crippen molar-refractivity contribution in [3.05, 3.63) is 36.4 Å². The van der Waals surface area contributed by atoms with Crippen molar-refractivity contribution in [2.45, 2.75) is 52.2 Å². The van der Waals surface area contributed by atoms with Crippen LogP contribution in [0.5, 0.6) is 11.6 Å². The van der Waals surface area contributed by atoms with Gasteiger partial charge < -0.3 is 29.6 Å². The summed E-state index contributed by atoms with van der Waals surface area (Å²) in [5.74, 6) is -1.47. The van der Waals surface area contributed by atoms with E-state index in [9.17, 15) is 18.9 Å². The predicted octanol–water partition coefficient (Wildman–Crippen LogP) is 2.59. The fraction of sp³-hybridized carbons (Fsp3) is 0.500. The standard InChI is InChI=1S/C24H32FN6O8P/c1-5-35-21-18-20(28-24(26)29-21)31(12-27-18)22-13(3)19(32)17(38-22)11-37-40(34,30-14(4)23(33)36-6-2)39-16-9-7-15(25)8-10-16/h7-10,12-14,17,19,22,32H,5-6,11H2,1-4H3,(H,30,34)(H2,26,28,29). The summed E-state index contributed by atoms with van der Waals surface area (Å²) in [5.41, 5.74) is 6.57. The van der Waals surface area contributed by atoms with Crippen molar-refractivity contribution in [2.24, 2.45) is 5.92 Å². The zero-order valence-electron chi connectivity index (χ0n) is 22.4. The Kier molecular flexibility index (Phi) is 9.21. The lowest BCUT2D eigenvalue weighted by Crippen LogP contribution is -2.36. The molecule has 16 heteroatoms. The average molecular weight is 583 g/mol. The summed E-state index contributed by atoms with van der Waals surface area (Å²) in [4.78, 5) is 24.8. The first-order chi connectivity index (χ1) is 19.0. The van der Waals surface area contributed by atoms with Crippen LogP contribution in [0.15, 0.2) is 30.6 Å². The van der Waals surface area contributed by atoms with Gasteiger partial charge in [-0.1, -0.05) is 6.92 Å². The molecule has 1 saturated heterocycles. The third-order valence-electron chi connectivity index (χ3n) is 6.09. The number of nitrogens with zero attached hydrogens (tertiary/aromatic N) is 4. The van der Waals surface area contributed by atoms with Crippen molar-refractivity contribution >= 4 is 30.8 Å². The molecule has 4 N–H and O–H groups in total. The summed E-state index contributed by atoms with van der Waals surface area (Å²) >= 11 is 0. The number of benzene rings is 1. The number of ether oxygens (including phenoxy) is 3. The Bertz CT molecular complexity index is 1380. The second kappa shape index (κ2) is 12.4. The first kappa shape index (κ1) is 29.6. The SMILES string of the molecule is CCOC(=O)C(C)NP(=O)(OCC1OC(n2cnc3c(OCC)nc(N)nc32)C(C)C1O)Oc1ccc(F)cc1. The van der Waals surface area contributed by atoms with Crippen molar-refractivity contribution in [1.82, 2.24) is 24.6 Å². The number of hydrogen-bond donors (Lipinski definition) is 3. The number of aliphatic hydroxyl groups is 1. The number of carbonyl (C=O) groups excluding carboxylic acids is 1. The van der Waals surface area contributed by atoms with Crippen LogP contribution in [0.2, 0.25) is 0 Å². The predicted molar refractivity (Wildman–Crippen MR) is 140 cm³/mol. The number of rotatable bonds is 12. The van der Waals surface area contributed by atoms with E-state index in [0.29, 0.717) is 17.8 Å². The molecule has 6 unspecified atom stereocenters. The van der Waals surface area contributed by atoms with Gasteiger partial charge in [0, 0.05) is 5.92 Å². The van der Waals surface area contributed by atoms with Crippen LogP contribution in [0.3, 0.4) is 0 Å². The molecule has 1 aliphatic heterocycles. The molecule has 0 bridgehead atoms. The van der Waals surface area contributed by atoms with Crippen molar-refractivity contribution in [3.8, 4) is 11.6 Å². The van der Waals surface area contributed by atoms with E-state index in [0.717, 1.165) is 12.1 Å². The van der Waals surface area contributed by atoms with Crippen LogP contribution in [-0.2, 0) is 23.4 Å². The summed E-state index contributed by atoms with van der Waals surface area (Å²) in [7, 11) is -4.27. The maximum Gasteiger partial charge on any atom is 0.459 e. The van der Waals surface area contributed by atoms with Crippen LogP contribution in [0.4, 0.5) is 10.3 Å². The zero-order valence-corrected chi connectivity index (χ0v) is 23.3. The van der Waals surface area contributed by atoms with Gasteiger partial charge in [0.05, 0.1) is 32.3 Å². The van der Waals surface area contributed by atoms with Gasteiger partial charge in [-0.2, -0.15) is 15.1 Å². The molecule has 2 aromatic heterocycles. The molecule has 0 amide bonds. The van der Waals surface area contributed by atoms with E-state index in [1.807, 2.05) is 0 Å². The summed E-state index contributed by atoms with van der Waals surface area (Å²) in [6.45, 7) is 6.67. The Hall–Kier alpha value is -3.36. The molecule has 0 aliphatic carbocycles. The third kappa shape index (κ3) is 6.50. The topological polar surface area (TPSA) is 182 Å². The largest absolute Gasteiger partial charge is 0.476 e. The van der Waals surface area contributed by atoms with Gasteiger partial charge in [0.1, 0.15) is 29.9 Å². The Balaban J connectivity index is 1.53. The van der Waals surface area contributed by atoms with Gasteiger partial charge in [0.15, 0.2) is 11.2 Å².